The quantitative estimate of drug-likeness (QED) is 0.719. The molecule has 0 saturated heterocycles. The second-order valence-corrected chi connectivity index (χ2v) is 7.31. The first kappa shape index (κ1) is 16.1. The maximum Gasteiger partial charge on any atom is 0.363 e. The fraction of sp³-hybridized carbons (Fsp3) is 0.500. The molecular formula is C12H18ClO3PS. The van der Waals surface area contributed by atoms with Gasteiger partial charge < -0.3 is 9.05 Å². The first-order valence-corrected chi connectivity index (χ1v) is 8.92. The second kappa shape index (κ2) is 6.97. The van der Waals surface area contributed by atoms with E-state index in [0.29, 0.717) is 10.2 Å². The SMILES string of the molecule is CC(C)OP(=O)(OC(C)C)c1ccccc1SCl. The van der Waals surface area contributed by atoms with Crippen molar-refractivity contribution in [3.05, 3.63) is 24.3 Å². The van der Waals surface area contributed by atoms with E-state index in [1.165, 1.54) is 0 Å². The molecule has 0 aliphatic rings. The van der Waals surface area contributed by atoms with E-state index in [1.54, 1.807) is 18.2 Å². The standard InChI is InChI=1S/C12H18ClO3PS/c1-9(2)15-17(14,16-10(3)4)11-7-5-6-8-12(11)18-13/h5-10H,1-4H3. The molecule has 1 aromatic rings. The molecule has 0 atom stereocenters. The lowest BCUT2D eigenvalue weighted by Gasteiger charge is -2.24. The molecule has 0 aliphatic carbocycles. The molecule has 0 unspecified atom stereocenters. The van der Waals surface area contributed by atoms with Gasteiger partial charge in [-0.3, -0.25) is 4.57 Å². The van der Waals surface area contributed by atoms with Crippen LogP contribution in [-0.2, 0) is 13.6 Å². The predicted octanol–water partition coefficient (Wildman–Crippen LogP) is 4.60. The van der Waals surface area contributed by atoms with Crippen molar-refractivity contribution < 1.29 is 13.6 Å². The van der Waals surface area contributed by atoms with E-state index >= 15 is 0 Å². The van der Waals surface area contributed by atoms with Crippen LogP contribution < -0.4 is 5.30 Å². The molecule has 0 N–H and O–H groups in total. The molecule has 0 heterocycles. The number of hydrogen-bond donors (Lipinski definition) is 0. The highest BCUT2D eigenvalue weighted by Crippen LogP contribution is 2.51. The third-order valence-corrected chi connectivity index (χ3v) is 5.49. The van der Waals surface area contributed by atoms with Gasteiger partial charge in [0.25, 0.3) is 0 Å². The van der Waals surface area contributed by atoms with Crippen LogP contribution in [0.25, 0.3) is 0 Å². The number of rotatable bonds is 6. The van der Waals surface area contributed by atoms with Crippen molar-refractivity contribution in [1.29, 1.82) is 0 Å². The van der Waals surface area contributed by atoms with E-state index in [1.807, 2.05) is 33.8 Å². The molecule has 0 aliphatic heterocycles. The molecule has 18 heavy (non-hydrogen) atoms. The van der Waals surface area contributed by atoms with Gasteiger partial charge in [0.2, 0.25) is 0 Å². The maximum atomic E-state index is 12.9. The summed E-state index contributed by atoms with van der Waals surface area (Å²) in [6.45, 7) is 7.30. The van der Waals surface area contributed by atoms with Crippen molar-refractivity contribution in [2.45, 2.75) is 44.8 Å². The van der Waals surface area contributed by atoms with Crippen LogP contribution in [0.5, 0.6) is 0 Å². The molecule has 0 radical (unpaired) electrons. The summed E-state index contributed by atoms with van der Waals surface area (Å²) < 4.78 is 24.0. The van der Waals surface area contributed by atoms with Crippen LogP contribution in [0, 0.1) is 0 Å². The van der Waals surface area contributed by atoms with Crippen molar-refractivity contribution in [1.82, 2.24) is 0 Å². The first-order valence-electron chi connectivity index (χ1n) is 5.74. The lowest BCUT2D eigenvalue weighted by atomic mass is 10.4. The topological polar surface area (TPSA) is 35.5 Å². The van der Waals surface area contributed by atoms with Gasteiger partial charge in [-0.15, -0.1) is 0 Å². The average Bonchev–Trinajstić information content (AvgIpc) is 2.26. The summed E-state index contributed by atoms with van der Waals surface area (Å²) in [5.74, 6) is 0. The van der Waals surface area contributed by atoms with Gasteiger partial charge in [-0.25, -0.2) is 0 Å². The largest absolute Gasteiger partial charge is 0.363 e. The highest BCUT2D eigenvalue weighted by atomic mass is 35.7. The van der Waals surface area contributed by atoms with Gasteiger partial charge in [-0.1, -0.05) is 12.1 Å². The Kier molecular flexibility index (Phi) is 6.22. The van der Waals surface area contributed by atoms with E-state index in [9.17, 15) is 4.57 Å². The zero-order chi connectivity index (χ0) is 13.8. The summed E-state index contributed by atoms with van der Waals surface area (Å²) in [7, 11) is 3.47. The third kappa shape index (κ3) is 4.29. The molecule has 102 valence electrons. The van der Waals surface area contributed by atoms with Crippen molar-refractivity contribution in [2.24, 2.45) is 0 Å². The fourth-order valence-corrected chi connectivity index (χ4v) is 4.76. The summed E-state index contributed by atoms with van der Waals surface area (Å²) in [4.78, 5) is 0.698. The number of benzene rings is 1. The zero-order valence-corrected chi connectivity index (χ0v) is 13.4. The van der Waals surface area contributed by atoms with Gasteiger partial charge in [0, 0.05) is 4.90 Å². The highest BCUT2D eigenvalue weighted by Gasteiger charge is 2.32. The first-order chi connectivity index (χ1) is 8.39. The summed E-state index contributed by atoms with van der Waals surface area (Å²) >= 11 is 0. The smallest absolute Gasteiger partial charge is 0.302 e. The van der Waals surface area contributed by atoms with Gasteiger partial charge in [-0.05, 0) is 61.5 Å². The molecule has 0 spiro atoms. The number of hydrogen-bond acceptors (Lipinski definition) is 4. The van der Waals surface area contributed by atoms with Crippen molar-refractivity contribution in [2.75, 3.05) is 0 Å². The Morgan fingerprint density at radius 3 is 2.06 bits per heavy atom. The molecule has 0 saturated carbocycles. The maximum absolute atomic E-state index is 12.9. The lowest BCUT2D eigenvalue weighted by Crippen LogP contribution is -2.18. The Balaban J connectivity index is 3.20. The Hall–Kier alpha value is 0.01000. The molecule has 1 rings (SSSR count). The zero-order valence-electron chi connectivity index (χ0n) is 10.9. The Labute approximate surface area is 117 Å². The van der Waals surface area contributed by atoms with Crippen molar-refractivity contribution >= 4 is 34.6 Å². The van der Waals surface area contributed by atoms with E-state index in [4.69, 9.17) is 19.7 Å². The van der Waals surface area contributed by atoms with E-state index in [2.05, 4.69) is 0 Å². The average molecular weight is 309 g/mol. The van der Waals surface area contributed by atoms with Crippen LogP contribution in [0.2, 0.25) is 0 Å². The van der Waals surface area contributed by atoms with E-state index < -0.39 is 7.60 Å². The van der Waals surface area contributed by atoms with Crippen LogP contribution in [0.1, 0.15) is 27.7 Å². The minimum absolute atomic E-state index is 0.192. The second-order valence-electron chi connectivity index (χ2n) is 4.35. The van der Waals surface area contributed by atoms with Crippen LogP contribution in [-0.4, -0.2) is 12.2 Å². The molecule has 0 aromatic heterocycles. The normalized spacial score (nSPS) is 12.4. The molecule has 0 bridgehead atoms. The molecule has 6 heteroatoms. The molecule has 3 nitrogen and oxygen atoms in total. The Morgan fingerprint density at radius 2 is 1.61 bits per heavy atom. The van der Waals surface area contributed by atoms with Crippen LogP contribution in [0.3, 0.4) is 0 Å². The van der Waals surface area contributed by atoms with Gasteiger partial charge in [-0.2, -0.15) is 0 Å². The van der Waals surface area contributed by atoms with Crippen molar-refractivity contribution in [3.63, 3.8) is 0 Å². The Bertz CT molecular complexity index is 423. The van der Waals surface area contributed by atoms with Crippen LogP contribution >= 0.6 is 29.3 Å². The molecule has 0 amide bonds. The predicted molar refractivity (Wildman–Crippen MR) is 77.8 cm³/mol. The minimum Gasteiger partial charge on any atom is -0.302 e. The summed E-state index contributed by atoms with van der Waals surface area (Å²) in [5, 5.41) is 0.521. The van der Waals surface area contributed by atoms with Gasteiger partial charge in [0.05, 0.1) is 17.5 Å². The van der Waals surface area contributed by atoms with Crippen LogP contribution in [0.4, 0.5) is 0 Å². The summed E-state index contributed by atoms with van der Waals surface area (Å²) in [5.41, 5.74) is 0. The van der Waals surface area contributed by atoms with E-state index in [-0.39, 0.29) is 12.2 Å². The van der Waals surface area contributed by atoms with Gasteiger partial charge in [0.15, 0.2) is 0 Å². The minimum atomic E-state index is -3.34. The number of halogens is 1. The van der Waals surface area contributed by atoms with Crippen molar-refractivity contribution in [3.8, 4) is 0 Å². The molecule has 1 aromatic carbocycles. The molecule has 0 fully saturated rings. The third-order valence-electron chi connectivity index (χ3n) is 1.94. The lowest BCUT2D eigenvalue weighted by molar-refractivity contribution is 0.150. The summed E-state index contributed by atoms with van der Waals surface area (Å²) in [6, 6.07) is 7.17. The van der Waals surface area contributed by atoms with E-state index in [0.717, 1.165) is 11.0 Å². The van der Waals surface area contributed by atoms with Gasteiger partial charge in [0.1, 0.15) is 0 Å². The monoisotopic (exact) mass is 308 g/mol. The fourth-order valence-electron chi connectivity index (χ4n) is 1.44. The molecular weight excluding hydrogens is 291 g/mol. The Morgan fingerprint density at radius 1 is 1.11 bits per heavy atom. The summed E-state index contributed by atoms with van der Waals surface area (Å²) in [6.07, 6.45) is -0.383. The highest BCUT2D eigenvalue weighted by molar-refractivity contribution is 8.21. The van der Waals surface area contributed by atoms with Crippen LogP contribution in [0.15, 0.2) is 29.2 Å². The van der Waals surface area contributed by atoms with Gasteiger partial charge >= 0.3 is 7.60 Å².